The van der Waals surface area contributed by atoms with Crippen molar-refractivity contribution in [3.8, 4) is 23.6 Å². The van der Waals surface area contributed by atoms with Crippen LogP contribution in [0.2, 0.25) is 0 Å². The highest BCUT2D eigenvalue weighted by atomic mass is 16.5. The summed E-state index contributed by atoms with van der Waals surface area (Å²) in [6.45, 7) is 1.75. The molecule has 1 aromatic carbocycles. The number of hydrogen-bond acceptors (Lipinski definition) is 6. The first-order chi connectivity index (χ1) is 11.0. The first kappa shape index (κ1) is 15.9. The van der Waals surface area contributed by atoms with Gasteiger partial charge in [-0.2, -0.15) is 10.5 Å². The SMILES string of the molecule is COC(=O)c1c(N)c(C#N)cn1-c1c(C#N)ccc(OC)c1C. The van der Waals surface area contributed by atoms with Gasteiger partial charge in [-0.05, 0) is 19.1 Å². The molecule has 0 aliphatic heterocycles. The highest BCUT2D eigenvalue weighted by Crippen LogP contribution is 2.32. The Morgan fingerprint density at radius 1 is 1.22 bits per heavy atom. The van der Waals surface area contributed by atoms with Crippen LogP contribution in [0.3, 0.4) is 0 Å². The Morgan fingerprint density at radius 2 is 1.87 bits per heavy atom. The van der Waals surface area contributed by atoms with Crippen LogP contribution in [-0.2, 0) is 4.74 Å². The molecule has 0 unspecified atom stereocenters. The molecular formula is C16H14N4O3. The molecule has 7 heteroatoms. The average molecular weight is 310 g/mol. The normalized spacial score (nSPS) is 9.78. The number of nitriles is 2. The van der Waals surface area contributed by atoms with Crippen LogP contribution in [0.1, 0.15) is 27.2 Å². The molecule has 2 aromatic rings. The second-order valence-electron chi connectivity index (χ2n) is 4.68. The van der Waals surface area contributed by atoms with Crippen LogP contribution in [0, 0.1) is 29.6 Å². The van der Waals surface area contributed by atoms with Crippen LogP contribution in [-0.4, -0.2) is 24.8 Å². The van der Waals surface area contributed by atoms with Gasteiger partial charge < -0.3 is 19.8 Å². The predicted molar refractivity (Wildman–Crippen MR) is 82.2 cm³/mol. The van der Waals surface area contributed by atoms with Crippen molar-refractivity contribution in [2.45, 2.75) is 6.92 Å². The number of methoxy groups -OCH3 is 2. The zero-order chi connectivity index (χ0) is 17.1. The molecule has 0 spiro atoms. The molecular weight excluding hydrogens is 296 g/mol. The number of esters is 1. The number of ether oxygens (including phenoxy) is 2. The van der Waals surface area contributed by atoms with Gasteiger partial charge in [0.15, 0.2) is 5.69 Å². The molecule has 2 N–H and O–H groups in total. The summed E-state index contributed by atoms with van der Waals surface area (Å²) in [5.74, 6) is -0.157. The zero-order valence-electron chi connectivity index (χ0n) is 12.9. The predicted octanol–water partition coefficient (Wildman–Crippen LogP) is 1.91. The van der Waals surface area contributed by atoms with E-state index in [1.165, 1.54) is 25.0 Å². The standard InChI is InChI=1S/C16H14N4O3/c1-9-12(22-2)5-4-10(6-17)14(9)20-8-11(7-18)13(19)15(20)16(21)23-3/h4-5,8H,19H2,1-3H3. The number of nitrogens with two attached hydrogens (primary N) is 1. The summed E-state index contributed by atoms with van der Waals surface area (Å²) >= 11 is 0. The van der Waals surface area contributed by atoms with E-state index < -0.39 is 5.97 Å². The molecule has 0 fully saturated rings. The van der Waals surface area contributed by atoms with Gasteiger partial charge in [0, 0.05) is 11.8 Å². The largest absolute Gasteiger partial charge is 0.496 e. The van der Waals surface area contributed by atoms with Crippen LogP contribution >= 0.6 is 0 Å². The van der Waals surface area contributed by atoms with E-state index in [-0.39, 0.29) is 16.9 Å². The monoisotopic (exact) mass is 310 g/mol. The maximum Gasteiger partial charge on any atom is 0.357 e. The number of hydrogen-bond donors (Lipinski definition) is 1. The number of carbonyl (C=O) groups excluding carboxylic acids is 1. The number of carbonyl (C=O) groups is 1. The minimum absolute atomic E-state index is 0.00287. The Labute approximate surface area is 133 Å². The summed E-state index contributed by atoms with van der Waals surface area (Å²) in [7, 11) is 2.72. The maximum atomic E-state index is 12.1. The van der Waals surface area contributed by atoms with Gasteiger partial charge >= 0.3 is 5.97 Å². The molecule has 0 amide bonds. The van der Waals surface area contributed by atoms with Gasteiger partial charge in [0.2, 0.25) is 0 Å². The Balaban J connectivity index is 2.90. The Bertz CT molecular complexity index is 869. The van der Waals surface area contributed by atoms with E-state index in [2.05, 4.69) is 6.07 Å². The molecule has 0 aliphatic carbocycles. The maximum absolute atomic E-state index is 12.1. The third-order valence-corrected chi connectivity index (χ3v) is 3.51. The van der Waals surface area contributed by atoms with Gasteiger partial charge in [0.1, 0.15) is 17.9 Å². The first-order valence-electron chi connectivity index (χ1n) is 6.57. The fourth-order valence-corrected chi connectivity index (χ4v) is 2.39. The molecule has 0 bridgehead atoms. The Morgan fingerprint density at radius 3 is 2.39 bits per heavy atom. The molecule has 0 radical (unpaired) electrons. The van der Waals surface area contributed by atoms with Gasteiger partial charge in [-0.15, -0.1) is 0 Å². The smallest absolute Gasteiger partial charge is 0.357 e. The van der Waals surface area contributed by atoms with Crippen molar-refractivity contribution in [3.63, 3.8) is 0 Å². The Hall–Kier alpha value is -3.45. The topological polar surface area (TPSA) is 114 Å². The van der Waals surface area contributed by atoms with Crippen molar-refractivity contribution >= 4 is 11.7 Å². The van der Waals surface area contributed by atoms with E-state index in [1.807, 2.05) is 6.07 Å². The highest BCUT2D eigenvalue weighted by molar-refractivity contribution is 5.96. The van der Waals surface area contributed by atoms with E-state index in [0.717, 1.165) is 0 Å². The average Bonchev–Trinajstić information content (AvgIpc) is 2.89. The first-order valence-corrected chi connectivity index (χ1v) is 6.57. The van der Waals surface area contributed by atoms with Crippen LogP contribution < -0.4 is 10.5 Å². The molecule has 116 valence electrons. The van der Waals surface area contributed by atoms with E-state index in [0.29, 0.717) is 22.6 Å². The molecule has 0 saturated carbocycles. The van der Waals surface area contributed by atoms with Crippen molar-refractivity contribution in [3.05, 3.63) is 40.7 Å². The zero-order valence-corrected chi connectivity index (χ0v) is 12.9. The highest BCUT2D eigenvalue weighted by Gasteiger charge is 2.24. The summed E-state index contributed by atoms with van der Waals surface area (Å²) in [6.07, 6.45) is 1.41. The third kappa shape index (κ3) is 2.45. The second kappa shape index (κ2) is 6.12. The van der Waals surface area contributed by atoms with Crippen molar-refractivity contribution in [2.24, 2.45) is 0 Å². The van der Waals surface area contributed by atoms with E-state index >= 15 is 0 Å². The fourth-order valence-electron chi connectivity index (χ4n) is 2.39. The van der Waals surface area contributed by atoms with Crippen molar-refractivity contribution in [2.75, 3.05) is 20.0 Å². The summed E-state index contributed by atoms with van der Waals surface area (Å²) in [4.78, 5) is 12.1. The quantitative estimate of drug-likeness (QED) is 0.866. The van der Waals surface area contributed by atoms with Crippen LogP contribution in [0.25, 0.3) is 5.69 Å². The van der Waals surface area contributed by atoms with Crippen molar-refractivity contribution in [1.29, 1.82) is 10.5 Å². The fraction of sp³-hybridized carbons (Fsp3) is 0.188. The number of anilines is 1. The van der Waals surface area contributed by atoms with Gasteiger partial charge in [-0.1, -0.05) is 0 Å². The van der Waals surface area contributed by atoms with Crippen molar-refractivity contribution in [1.82, 2.24) is 4.57 Å². The molecule has 23 heavy (non-hydrogen) atoms. The molecule has 0 aliphatic rings. The molecule has 0 atom stereocenters. The number of nitrogen functional groups attached to an aromatic ring is 1. The lowest BCUT2D eigenvalue weighted by molar-refractivity contribution is 0.0593. The van der Waals surface area contributed by atoms with Crippen molar-refractivity contribution < 1.29 is 14.3 Å². The van der Waals surface area contributed by atoms with Crippen LogP contribution in [0.15, 0.2) is 18.3 Å². The molecule has 2 rings (SSSR count). The summed E-state index contributed by atoms with van der Waals surface area (Å²) in [5, 5.41) is 18.5. The number of benzene rings is 1. The lowest BCUT2D eigenvalue weighted by Crippen LogP contribution is -2.13. The lowest BCUT2D eigenvalue weighted by Gasteiger charge is -2.15. The number of nitrogens with zero attached hydrogens (tertiary/aromatic N) is 3. The minimum atomic E-state index is -0.699. The third-order valence-electron chi connectivity index (χ3n) is 3.51. The summed E-state index contributed by atoms with van der Waals surface area (Å²) in [6, 6.07) is 7.22. The van der Waals surface area contributed by atoms with Gasteiger partial charge in [0.05, 0.1) is 36.7 Å². The lowest BCUT2D eigenvalue weighted by atomic mass is 10.1. The minimum Gasteiger partial charge on any atom is -0.496 e. The van der Waals surface area contributed by atoms with Gasteiger partial charge in [0.25, 0.3) is 0 Å². The number of aromatic nitrogens is 1. The van der Waals surface area contributed by atoms with Gasteiger partial charge in [-0.25, -0.2) is 4.79 Å². The molecule has 0 saturated heterocycles. The Kier molecular flexibility index (Phi) is 4.24. The second-order valence-corrected chi connectivity index (χ2v) is 4.68. The summed E-state index contributed by atoms with van der Waals surface area (Å²) in [5.41, 5.74) is 7.37. The van der Waals surface area contributed by atoms with E-state index in [9.17, 15) is 10.1 Å². The molecule has 7 nitrogen and oxygen atoms in total. The van der Waals surface area contributed by atoms with E-state index in [1.54, 1.807) is 19.1 Å². The van der Waals surface area contributed by atoms with E-state index in [4.69, 9.17) is 20.5 Å². The number of rotatable bonds is 3. The van der Waals surface area contributed by atoms with Crippen LogP contribution in [0.5, 0.6) is 5.75 Å². The van der Waals surface area contributed by atoms with Crippen LogP contribution in [0.4, 0.5) is 5.69 Å². The van der Waals surface area contributed by atoms with Gasteiger partial charge in [-0.3, -0.25) is 0 Å². The molecule has 1 heterocycles. The molecule has 1 aromatic heterocycles. The summed E-state index contributed by atoms with van der Waals surface area (Å²) < 4.78 is 11.4.